The number of aryl methyl sites for hydroxylation is 1. The lowest BCUT2D eigenvalue weighted by atomic mass is 9.98. The zero-order valence-corrected chi connectivity index (χ0v) is 14.3. The van der Waals surface area contributed by atoms with Gasteiger partial charge in [-0.25, -0.2) is 4.78 Å². The second-order valence-electron chi connectivity index (χ2n) is 5.99. The van der Waals surface area contributed by atoms with E-state index in [0.29, 0.717) is 5.66 Å². The SMILES string of the molecule is Cc1ccc([P@@]2(=S)[C@@H]3CCCCC3=NN2c2ccccc2)o1. The summed E-state index contributed by atoms with van der Waals surface area (Å²) in [5.74, 6) is 0.927. The minimum absolute atomic E-state index is 0.377. The molecule has 0 radical (unpaired) electrons. The molecular formula is C17H19N2OPS. The highest BCUT2D eigenvalue weighted by Gasteiger charge is 2.47. The third-order valence-corrected chi connectivity index (χ3v) is 9.42. The normalized spacial score (nSPS) is 27.6. The van der Waals surface area contributed by atoms with E-state index in [9.17, 15) is 0 Å². The molecule has 1 fully saturated rings. The first-order valence-corrected chi connectivity index (χ1v) is 10.6. The maximum atomic E-state index is 6.28. The number of anilines is 1. The molecule has 2 aromatic rings. The summed E-state index contributed by atoms with van der Waals surface area (Å²) in [5, 5.41) is 4.95. The molecule has 2 heterocycles. The van der Waals surface area contributed by atoms with Crippen molar-refractivity contribution < 1.29 is 4.42 Å². The predicted molar refractivity (Wildman–Crippen MR) is 96.0 cm³/mol. The van der Waals surface area contributed by atoms with Gasteiger partial charge in [0.25, 0.3) is 0 Å². The van der Waals surface area contributed by atoms with Crippen molar-refractivity contribution in [3.63, 3.8) is 0 Å². The second-order valence-corrected chi connectivity index (χ2v) is 10.3. The number of fused-ring (bicyclic) bond motifs is 1. The van der Waals surface area contributed by atoms with Gasteiger partial charge in [-0.15, -0.1) is 0 Å². The highest BCUT2D eigenvalue weighted by Crippen LogP contribution is 2.62. The van der Waals surface area contributed by atoms with Crippen LogP contribution < -0.4 is 10.3 Å². The van der Waals surface area contributed by atoms with E-state index in [1.165, 1.54) is 18.6 Å². The Balaban J connectivity index is 1.87. The number of hydrogen-bond acceptors (Lipinski definition) is 3. The highest BCUT2D eigenvalue weighted by atomic mass is 32.4. The Bertz CT molecular complexity index is 768. The molecule has 4 rings (SSSR count). The molecule has 0 saturated heterocycles. The molecule has 0 bridgehead atoms. The van der Waals surface area contributed by atoms with Gasteiger partial charge in [0.1, 0.15) is 11.9 Å². The standard InChI is InChI=1S/C17H19N2OPS/c1-13-11-12-17(20-13)21(22)16-10-6-5-9-15(16)18-19(21)14-7-3-2-4-8-14/h2-4,7-8,11-12,16H,5-6,9-10H2,1H3/t16-,21+/m1/s1. The largest absolute Gasteiger partial charge is 0.459 e. The molecule has 3 nitrogen and oxygen atoms in total. The summed E-state index contributed by atoms with van der Waals surface area (Å²) in [7, 11) is 0. The Kier molecular flexibility index (Phi) is 3.47. The third-order valence-electron chi connectivity index (χ3n) is 4.50. The fraction of sp³-hybridized carbons (Fsp3) is 0.353. The van der Waals surface area contributed by atoms with Crippen LogP contribution in [0.5, 0.6) is 0 Å². The molecule has 5 heteroatoms. The van der Waals surface area contributed by atoms with Crippen molar-refractivity contribution in [1.29, 1.82) is 0 Å². The minimum Gasteiger partial charge on any atom is -0.459 e. The maximum absolute atomic E-state index is 6.28. The van der Waals surface area contributed by atoms with E-state index >= 15 is 0 Å². The van der Waals surface area contributed by atoms with Crippen LogP contribution in [0.2, 0.25) is 0 Å². The van der Waals surface area contributed by atoms with Crippen LogP contribution in [0.25, 0.3) is 0 Å². The average molecular weight is 330 g/mol. The second kappa shape index (κ2) is 5.36. The number of hydrazone groups is 1. The zero-order chi connectivity index (χ0) is 15.2. The quantitative estimate of drug-likeness (QED) is 0.763. The summed E-state index contributed by atoms with van der Waals surface area (Å²) in [6.07, 6.45) is 2.61. The number of benzene rings is 1. The van der Waals surface area contributed by atoms with Crippen molar-refractivity contribution in [2.45, 2.75) is 38.3 Å². The molecule has 1 saturated carbocycles. The van der Waals surface area contributed by atoms with Crippen molar-refractivity contribution in [2.24, 2.45) is 5.10 Å². The Morgan fingerprint density at radius 1 is 1.18 bits per heavy atom. The van der Waals surface area contributed by atoms with Crippen LogP contribution in [0.1, 0.15) is 31.4 Å². The van der Waals surface area contributed by atoms with Gasteiger partial charge in [0, 0.05) is 5.71 Å². The molecule has 0 spiro atoms. The van der Waals surface area contributed by atoms with Gasteiger partial charge in [-0.3, -0.25) is 0 Å². The molecule has 22 heavy (non-hydrogen) atoms. The Hall–Kier alpha value is -1.38. The van der Waals surface area contributed by atoms with Crippen LogP contribution >= 0.6 is 6.19 Å². The lowest BCUT2D eigenvalue weighted by molar-refractivity contribution is 0.564. The molecule has 1 aliphatic carbocycles. The fourth-order valence-electron chi connectivity index (χ4n) is 3.42. The van der Waals surface area contributed by atoms with E-state index in [4.69, 9.17) is 21.3 Å². The Labute approximate surface area is 136 Å². The third kappa shape index (κ3) is 2.09. The highest BCUT2D eigenvalue weighted by molar-refractivity contribution is 8.19. The van der Waals surface area contributed by atoms with Gasteiger partial charge in [0.2, 0.25) is 0 Å². The molecule has 1 aromatic carbocycles. The lowest BCUT2D eigenvalue weighted by Gasteiger charge is -2.31. The number of hydrogen-bond donors (Lipinski definition) is 0. The summed E-state index contributed by atoms with van der Waals surface area (Å²) in [6.45, 7) is 1.98. The maximum Gasteiger partial charge on any atom is 0.157 e. The summed E-state index contributed by atoms with van der Waals surface area (Å²) in [4.78, 5) is 0. The Morgan fingerprint density at radius 3 is 2.73 bits per heavy atom. The van der Waals surface area contributed by atoms with Crippen molar-refractivity contribution in [3.8, 4) is 0 Å². The van der Waals surface area contributed by atoms with Gasteiger partial charge in [-0.1, -0.05) is 36.4 Å². The summed E-state index contributed by atoms with van der Waals surface area (Å²) in [6, 6.07) is 14.4. The van der Waals surface area contributed by atoms with Gasteiger partial charge < -0.3 is 4.42 Å². The van der Waals surface area contributed by atoms with Crippen molar-refractivity contribution in [1.82, 2.24) is 0 Å². The van der Waals surface area contributed by atoms with Crippen LogP contribution in [0.3, 0.4) is 0 Å². The molecule has 114 valence electrons. The van der Waals surface area contributed by atoms with Crippen molar-refractivity contribution >= 4 is 34.9 Å². The van der Waals surface area contributed by atoms with Crippen LogP contribution in [0.4, 0.5) is 5.69 Å². The Morgan fingerprint density at radius 2 is 2.00 bits per heavy atom. The van der Waals surface area contributed by atoms with Gasteiger partial charge in [-0.05, 0) is 50.5 Å². The first-order valence-electron chi connectivity index (χ1n) is 7.79. The van der Waals surface area contributed by atoms with E-state index in [0.717, 1.165) is 29.8 Å². The van der Waals surface area contributed by atoms with Gasteiger partial charge in [-0.2, -0.15) is 5.10 Å². The molecule has 1 aliphatic heterocycles. The van der Waals surface area contributed by atoms with E-state index in [1.54, 1.807) is 0 Å². The molecule has 2 atom stereocenters. The monoisotopic (exact) mass is 330 g/mol. The van der Waals surface area contributed by atoms with Gasteiger partial charge >= 0.3 is 0 Å². The summed E-state index contributed by atoms with van der Waals surface area (Å²) < 4.78 is 8.12. The molecule has 0 amide bonds. The van der Waals surface area contributed by atoms with Crippen LogP contribution in [0.15, 0.2) is 52.0 Å². The molecule has 0 N–H and O–H groups in total. The first-order chi connectivity index (χ1) is 10.7. The van der Waals surface area contributed by atoms with Crippen molar-refractivity contribution in [2.75, 3.05) is 4.78 Å². The predicted octanol–water partition coefficient (Wildman–Crippen LogP) is 4.43. The number of rotatable bonds is 2. The molecule has 2 aliphatic rings. The zero-order valence-electron chi connectivity index (χ0n) is 12.6. The fourth-order valence-corrected chi connectivity index (χ4v) is 7.95. The topological polar surface area (TPSA) is 28.7 Å². The summed E-state index contributed by atoms with van der Waals surface area (Å²) >= 11 is 6.28. The van der Waals surface area contributed by atoms with Gasteiger partial charge in [0.05, 0.1) is 11.3 Å². The number of nitrogens with zero attached hydrogens (tertiary/aromatic N) is 2. The first kappa shape index (κ1) is 14.2. The van der Waals surface area contributed by atoms with Crippen LogP contribution in [-0.2, 0) is 11.8 Å². The van der Waals surface area contributed by atoms with Crippen LogP contribution in [-0.4, -0.2) is 11.4 Å². The number of furan rings is 1. The van der Waals surface area contributed by atoms with E-state index < -0.39 is 6.19 Å². The van der Waals surface area contributed by atoms with Crippen LogP contribution in [0, 0.1) is 6.92 Å². The van der Waals surface area contributed by atoms with Crippen molar-refractivity contribution in [3.05, 3.63) is 48.2 Å². The smallest absolute Gasteiger partial charge is 0.157 e. The number of para-hydroxylation sites is 1. The summed E-state index contributed by atoms with van der Waals surface area (Å²) in [5.41, 5.74) is 3.70. The molecular weight excluding hydrogens is 311 g/mol. The van der Waals surface area contributed by atoms with E-state index in [1.807, 2.05) is 31.2 Å². The molecule has 1 aromatic heterocycles. The average Bonchev–Trinajstić information content (AvgIpc) is 3.12. The van der Waals surface area contributed by atoms with E-state index in [-0.39, 0.29) is 0 Å². The van der Waals surface area contributed by atoms with E-state index in [2.05, 4.69) is 23.0 Å². The van der Waals surface area contributed by atoms with Gasteiger partial charge in [0.15, 0.2) is 5.50 Å². The minimum atomic E-state index is -2.07. The lowest BCUT2D eigenvalue weighted by Crippen LogP contribution is -2.27. The molecule has 0 unspecified atom stereocenters.